The lowest BCUT2D eigenvalue weighted by atomic mass is 10.1. The largest absolute Gasteiger partial charge is 0.452 e. The van der Waals surface area contributed by atoms with Crippen LogP contribution in [0.5, 0.6) is 0 Å². The molecule has 2 aromatic rings. The summed E-state index contributed by atoms with van der Waals surface area (Å²) in [6.45, 7) is 1.61. The Kier molecular flexibility index (Phi) is 6.37. The van der Waals surface area contributed by atoms with E-state index in [1.54, 1.807) is 24.1 Å². The van der Waals surface area contributed by atoms with Crippen LogP contribution in [0, 0.1) is 0 Å². The van der Waals surface area contributed by atoms with E-state index in [-0.39, 0.29) is 18.6 Å². The molecule has 126 valence electrons. The number of esters is 1. The number of furan rings is 1. The Hall–Kier alpha value is -2.34. The monoisotopic (exact) mass is 391 g/mol. The van der Waals surface area contributed by atoms with Crippen molar-refractivity contribution >= 4 is 33.9 Å². The Morgan fingerprint density at radius 2 is 1.96 bits per heavy atom. The Labute approximate surface area is 149 Å². The van der Waals surface area contributed by atoms with Crippen LogP contribution in [0.25, 0.3) is 6.08 Å². The van der Waals surface area contributed by atoms with Crippen LogP contribution < -0.4 is 0 Å². The molecule has 1 heterocycles. The number of benzene rings is 1. The fourth-order valence-corrected chi connectivity index (χ4v) is 2.34. The summed E-state index contributed by atoms with van der Waals surface area (Å²) in [6.07, 6.45) is 2.70. The number of halogens is 1. The molecule has 0 saturated carbocycles. The van der Waals surface area contributed by atoms with Crippen molar-refractivity contribution in [3.8, 4) is 0 Å². The maximum atomic E-state index is 12.1. The summed E-state index contributed by atoms with van der Waals surface area (Å²) < 4.78 is 10.8. The summed E-state index contributed by atoms with van der Waals surface area (Å²) in [5.74, 6) is -0.356. The fourth-order valence-electron chi connectivity index (χ4n) is 2.02. The van der Waals surface area contributed by atoms with E-state index in [1.165, 1.54) is 12.2 Å². The zero-order valence-corrected chi connectivity index (χ0v) is 15.0. The summed E-state index contributed by atoms with van der Waals surface area (Å²) in [5, 5.41) is 0. The van der Waals surface area contributed by atoms with Gasteiger partial charge >= 0.3 is 5.97 Å². The van der Waals surface area contributed by atoms with Crippen LogP contribution in [0.3, 0.4) is 0 Å². The van der Waals surface area contributed by atoms with E-state index >= 15 is 0 Å². The van der Waals surface area contributed by atoms with Gasteiger partial charge in [-0.15, -0.1) is 0 Å². The van der Waals surface area contributed by atoms with Gasteiger partial charge in [-0.25, -0.2) is 4.79 Å². The molecule has 1 unspecified atom stereocenters. The van der Waals surface area contributed by atoms with Gasteiger partial charge in [0.05, 0.1) is 6.04 Å². The molecule has 0 spiro atoms. The summed E-state index contributed by atoms with van der Waals surface area (Å²) in [5.41, 5.74) is 1.02. The maximum Gasteiger partial charge on any atom is 0.331 e. The van der Waals surface area contributed by atoms with Crippen molar-refractivity contribution in [1.29, 1.82) is 0 Å². The van der Waals surface area contributed by atoms with E-state index in [0.29, 0.717) is 10.4 Å². The molecule has 1 atom stereocenters. The molecule has 2 rings (SSSR count). The van der Waals surface area contributed by atoms with Gasteiger partial charge in [-0.05, 0) is 46.6 Å². The van der Waals surface area contributed by atoms with Gasteiger partial charge in [-0.2, -0.15) is 0 Å². The number of amides is 1. The number of ether oxygens (including phenoxy) is 1. The lowest BCUT2D eigenvalue weighted by Gasteiger charge is -2.25. The van der Waals surface area contributed by atoms with Crippen LogP contribution in [0.1, 0.15) is 24.3 Å². The van der Waals surface area contributed by atoms with E-state index in [4.69, 9.17) is 9.15 Å². The number of likely N-dealkylation sites (N-methyl/N-ethyl adjacent to an activating group) is 1. The molecule has 0 aliphatic heterocycles. The standard InChI is InChI=1S/C18H18BrNO4/c1-13(14-6-4-3-5-7-14)20(2)17(21)12-23-18(22)11-9-15-8-10-16(19)24-15/h3-11,13H,12H2,1-2H3/b11-9+. The first-order valence-corrected chi connectivity index (χ1v) is 8.17. The first-order chi connectivity index (χ1) is 11.5. The third-order valence-corrected chi connectivity index (χ3v) is 4.00. The highest BCUT2D eigenvalue weighted by Gasteiger charge is 2.18. The number of hydrogen-bond acceptors (Lipinski definition) is 4. The fraction of sp³-hybridized carbons (Fsp3) is 0.222. The average Bonchev–Trinajstić information content (AvgIpc) is 3.02. The zero-order chi connectivity index (χ0) is 17.5. The number of carbonyl (C=O) groups is 2. The molecule has 0 fully saturated rings. The van der Waals surface area contributed by atoms with Crippen molar-refractivity contribution in [2.45, 2.75) is 13.0 Å². The van der Waals surface area contributed by atoms with Crippen LogP contribution >= 0.6 is 15.9 Å². The molecular weight excluding hydrogens is 374 g/mol. The minimum absolute atomic E-state index is 0.103. The van der Waals surface area contributed by atoms with E-state index in [2.05, 4.69) is 15.9 Å². The highest BCUT2D eigenvalue weighted by atomic mass is 79.9. The van der Waals surface area contributed by atoms with E-state index in [1.807, 2.05) is 37.3 Å². The second-order valence-corrected chi connectivity index (χ2v) is 5.96. The van der Waals surface area contributed by atoms with Gasteiger partial charge in [0, 0.05) is 13.1 Å². The first-order valence-electron chi connectivity index (χ1n) is 7.38. The second-order valence-electron chi connectivity index (χ2n) is 5.17. The Balaban J connectivity index is 1.83. The molecule has 0 aliphatic carbocycles. The summed E-state index contributed by atoms with van der Waals surface area (Å²) in [6, 6.07) is 13.0. The number of rotatable bonds is 6. The summed E-state index contributed by atoms with van der Waals surface area (Å²) >= 11 is 3.17. The minimum Gasteiger partial charge on any atom is -0.452 e. The first kappa shape index (κ1) is 18.0. The van der Waals surface area contributed by atoms with Crippen molar-refractivity contribution in [2.75, 3.05) is 13.7 Å². The third-order valence-electron chi connectivity index (χ3n) is 3.57. The van der Waals surface area contributed by atoms with Gasteiger partial charge in [-0.1, -0.05) is 30.3 Å². The molecule has 1 aromatic carbocycles. The molecule has 0 saturated heterocycles. The van der Waals surface area contributed by atoms with Crippen molar-refractivity contribution < 1.29 is 18.7 Å². The van der Waals surface area contributed by atoms with Crippen molar-refractivity contribution in [2.24, 2.45) is 0 Å². The predicted octanol–water partition coefficient (Wildman–Crippen LogP) is 3.82. The SMILES string of the molecule is CC(c1ccccc1)N(C)C(=O)COC(=O)/C=C/c1ccc(Br)o1. The van der Waals surface area contributed by atoms with Crippen LogP contribution in [-0.4, -0.2) is 30.4 Å². The van der Waals surface area contributed by atoms with Gasteiger partial charge in [0.2, 0.25) is 0 Å². The highest BCUT2D eigenvalue weighted by molar-refractivity contribution is 9.10. The Morgan fingerprint density at radius 1 is 1.25 bits per heavy atom. The van der Waals surface area contributed by atoms with Crippen LogP contribution in [-0.2, 0) is 14.3 Å². The molecule has 6 heteroatoms. The molecule has 0 aliphatic rings. The van der Waals surface area contributed by atoms with Crippen LogP contribution in [0.2, 0.25) is 0 Å². The number of hydrogen-bond donors (Lipinski definition) is 0. The van der Waals surface area contributed by atoms with Gasteiger partial charge in [-0.3, -0.25) is 4.79 Å². The van der Waals surface area contributed by atoms with Crippen molar-refractivity contribution in [3.05, 3.63) is 64.5 Å². The summed E-state index contributed by atoms with van der Waals surface area (Å²) in [7, 11) is 1.68. The number of carbonyl (C=O) groups excluding carboxylic acids is 2. The lowest BCUT2D eigenvalue weighted by molar-refractivity contribution is -0.148. The van der Waals surface area contributed by atoms with Crippen LogP contribution in [0.4, 0.5) is 0 Å². The van der Waals surface area contributed by atoms with Gasteiger partial charge in [0.1, 0.15) is 5.76 Å². The Morgan fingerprint density at radius 3 is 2.58 bits per heavy atom. The minimum atomic E-state index is -0.600. The number of nitrogens with zero attached hydrogens (tertiary/aromatic N) is 1. The average molecular weight is 392 g/mol. The second kappa shape index (κ2) is 8.49. The normalized spacial score (nSPS) is 12.1. The molecule has 0 N–H and O–H groups in total. The molecule has 0 radical (unpaired) electrons. The lowest BCUT2D eigenvalue weighted by Crippen LogP contribution is -2.33. The van der Waals surface area contributed by atoms with E-state index in [0.717, 1.165) is 5.56 Å². The van der Waals surface area contributed by atoms with Gasteiger partial charge in [0.15, 0.2) is 11.3 Å². The molecule has 24 heavy (non-hydrogen) atoms. The van der Waals surface area contributed by atoms with Crippen molar-refractivity contribution in [1.82, 2.24) is 4.90 Å². The van der Waals surface area contributed by atoms with Crippen molar-refractivity contribution in [3.63, 3.8) is 0 Å². The van der Waals surface area contributed by atoms with E-state index < -0.39 is 5.97 Å². The molecule has 1 amide bonds. The quantitative estimate of drug-likeness (QED) is 0.554. The molecule has 5 nitrogen and oxygen atoms in total. The molecule has 0 bridgehead atoms. The smallest absolute Gasteiger partial charge is 0.331 e. The van der Waals surface area contributed by atoms with Gasteiger partial charge < -0.3 is 14.1 Å². The maximum absolute atomic E-state index is 12.1. The highest BCUT2D eigenvalue weighted by Crippen LogP contribution is 2.18. The Bertz CT molecular complexity index is 724. The summed E-state index contributed by atoms with van der Waals surface area (Å²) in [4.78, 5) is 25.3. The van der Waals surface area contributed by atoms with Gasteiger partial charge in [0.25, 0.3) is 5.91 Å². The molecule has 1 aromatic heterocycles. The third kappa shape index (κ3) is 5.09. The van der Waals surface area contributed by atoms with Crippen LogP contribution in [0.15, 0.2) is 57.6 Å². The predicted molar refractivity (Wildman–Crippen MR) is 94.0 cm³/mol. The topological polar surface area (TPSA) is 59.8 Å². The molecular formula is C18H18BrNO4. The zero-order valence-electron chi connectivity index (χ0n) is 13.4. The van der Waals surface area contributed by atoms with E-state index in [9.17, 15) is 9.59 Å².